The van der Waals surface area contributed by atoms with Gasteiger partial charge in [0, 0.05) is 12.3 Å². The summed E-state index contributed by atoms with van der Waals surface area (Å²) in [4.78, 5) is 25.3. The minimum atomic E-state index is -4.39. The van der Waals surface area contributed by atoms with E-state index in [-0.39, 0.29) is 11.1 Å². The van der Waals surface area contributed by atoms with Crippen LogP contribution in [-0.2, 0) is 6.18 Å². The van der Waals surface area contributed by atoms with Gasteiger partial charge >= 0.3 is 6.18 Å². The number of hydrogen-bond donors (Lipinski definition) is 2. The van der Waals surface area contributed by atoms with E-state index in [1.54, 1.807) is 6.92 Å². The van der Waals surface area contributed by atoms with Crippen LogP contribution in [0.4, 0.5) is 13.2 Å². The maximum absolute atomic E-state index is 12.5. The molecule has 22 heavy (non-hydrogen) atoms. The Kier molecular flexibility index (Phi) is 4.35. The Labute approximate surface area is 124 Å². The Hall–Kier alpha value is -2.57. The first-order valence-corrected chi connectivity index (χ1v) is 6.44. The van der Waals surface area contributed by atoms with Crippen LogP contribution in [0.25, 0.3) is 0 Å². The van der Waals surface area contributed by atoms with Gasteiger partial charge in [-0.3, -0.25) is 9.59 Å². The first-order chi connectivity index (χ1) is 10.3. The quantitative estimate of drug-likeness (QED) is 0.915. The number of aromatic nitrogens is 1. The Morgan fingerprint density at radius 3 is 2.27 bits per heavy atom. The standard InChI is InChI=1S/C15H13F3N2O2/c1-9(10-2-5-12(6-3-10)15(16,17)18)20-14(22)11-4-7-13(21)19-8-11/h2-9H,1H3,(H,19,21)(H,20,22)/t9-/m0/s1. The molecule has 1 aromatic carbocycles. The molecule has 1 amide bonds. The van der Waals surface area contributed by atoms with E-state index < -0.39 is 23.7 Å². The zero-order valence-corrected chi connectivity index (χ0v) is 11.6. The molecule has 0 bridgehead atoms. The summed E-state index contributed by atoms with van der Waals surface area (Å²) in [5, 5.41) is 2.65. The van der Waals surface area contributed by atoms with Crippen LogP contribution >= 0.6 is 0 Å². The Morgan fingerprint density at radius 1 is 1.14 bits per heavy atom. The highest BCUT2D eigenvalue weighted by Gasteiger charge is 2.30. The van der Waals surface area contributed by atoms with Gasteiger partial charge in [0.2, 0.25) is 5.56 Å². The maximum atomic E-state index is 12.5. The van der Waals surface area contributed by atoms with E-state index >= 15 is 0 Å². The van der Waals surface area contributed by atoms with Gasteiger partial charge in [-0.15, -0.1) is 0 Å². The third-order valence-corrected chi connectivity index (χ3v) is 3.13. The topological polar surface area (TPSA) is 62.0 Å². The molecule has 116 valence electrons. The molecular formula is C15H13F3N2O2. The van der Waals surface area contributed by atoms with Gasteiger partial charge in [-0.25, -0.2) is 0 Å². The van der Waals surface area contributed by atoms with Gasteiger partial charge in [-0.05, 0) is 30.7 Å². The van der Waals surface area contributed by atoms with Gasteiger partial charge in [0.15, 0.2) is 0 Å². The molecule has 0 saturated heterocycles. The first-order valence-electron chi connectivity index (χ1n) is 6.44. The van der Waals surface area contributed by atoms with Gasteiger partial charge in [0.05, 0.1) is 17.2 Å². The van der Waals surface area contributed by atoms with Gasteiger partial charge in [-0.2, -0.15) is 13.2 Å². The van der Waals surface area contributed by atoms with Crippen molar-refractivity contribution in [2.75, 3.05) is 0 Å². The average molecular weight is 310 g/mol. The zero-order valence-electron chi connectivity index (χ0n) is 11.6. The lowest BCUT2D eigenvalue weighted by Gasteiger charge is -2.15. The molecule has 2 rings (SSSR count). The number of nitrogens with one attached hydrogen (secondary N) is 2. The van der Waals surface area contributed by atoms with E-state index in [4.69, 9.17) is 0 Å². The highest BCUT2D eigenvalue weighted by Crippen LogP contribution is 2.29. The van der Waals surface area contributed by atoms with Gasteiger partial charge in [0.1, 0.15) is 0 Å². The molecule has 0 aliphatic heterocycles. The Bertz CT molecular complexity index is 700. The molecule has 7 heteroatoms. The van der Waals surface area contributed by atoms with Crippen molar-refractivity contribution >= 4 is 5.91 Å². The molecular weight excluding hydrogens is 297 g/mol. The normalized spacial score (nSPS) is 12.7. The number of halogens is 3. The fraction of sp³-hybridized carbons (Fsp3) is 0.200. The number of aromatic amines is 1. The van der Waals surface area contributed by atoms with Crippen LogP contribution in [0.3, 0.4) is 0 Å². The summed E-state index contributed by atoms with van der Waals surface area (Å²) in [6.07, 6.45) is -3.11. The summed E-state index contributed by atoms with van der Waals surface area (Å²) in [5.74, 6) is -0.427. The number of benzene rings is 1. The molecule has 2 N–H and O–H groups in total. The second kappa shape index (κ2) is 6.05. The number of hydrogen-bond acceptors (Lipinski definition) is 2. The SMILES string of the molecule is C[C@H](NC(=O)c1ccc(=O)[nH]c1)c1ccc(C(F)(F)F)cc1. The van der Waals surface area contributed by atoms with Crippen LogP contribution in [0.1, 0.15) is 34.5 Å². The zero-order chi connectivity index (χ0) is 16.3. The van der Waals surface area contributed by atoms with Gasteiger partial charge in [-0.1, -0.05) is 12.1 Å². The van der Waals surface area contributed by atoms with Crippen molar-refractivity contribution < 1.29 is 18.0 Å². The number of carbonyl (C=O) groups excluding carboxylic acids is 1. The van der Waals surface area contributed by atoms with Crippen molar-refractivity contribution in [2.45, 2.75) is 19.1 Å². The number of amides is 1. The van der Waals surface area contributed by atoms with Crippen LogP contribution in [-0.4, -0.2) is 10.9 Å². The summed E-state index contributed by atoms with van der Waals surface area (Å²) >= 11 is 0. The monoisotopic (exact) mass is 310 g/mol. The van der Waals surface area contributed by atoms with E-state index in [0.717, 1.165) is 12.1 Å². The van der Waals surface area contributed by atoms with E-state index in [2.05, 4.69) is 10.3 Å². The van der Waals surface area contributed by atoms with E-state index in [9.17, 15) is 22.8 Å². The number of H-pyrrole nitrogens is 1. The highest BCUT2D eigenvalue weighted by atomic mass is 19.4. The van der Waals surface area contributed by atoms with Crippen molar-refractivity contribution in [1.82, 2.24) is 10.3 Å². The van der Waals surface area contributed by atoms with E-state index in [1.165, 1.54) is 30.5 Å². The number of carbonyl (C=O) groups is 1. The van der Waals surface area contributed by atoms with Crippen LogP contribution in [0.5, 0.6) is 0 Å². The Balaban J connectivity index is 2.08. The smallest absolute Gasteiger partial charge is 0.345 e. The molecule has 1 aromatic heterocycles. The molecule has 2 aromatic rings. The summed E-state index contributed by atoms with van der Waals surface area (Å²) < 4.78 is 37.5. The van der Waals surface area contributed by atoms with Crippen molar-refractivity contribution in [1.29, 1.82) is 0 Å². The minimum absolute atomic E-state index is 0.262. The molecule has 0 radical (unpaired) electrons. The van der Waals surface area contributed by atoms with E-state index in [0.29, 0.717) is 5.56 Å². The van der Waals surface area contributed by atoms with Crippen molar-refractivity contribution in [2.24, 2.45) is 0 Å². The molecule has 1 atom stereocenters. The predicted molar refractivity (Wildman–Crippen MR) is 74.4 cm³/mol. The Morgan fingerprint density at radius 2 is 1.77 bits per heavy atom. The molecule has 0 unspecified atom stereocenters. The average Bonchev–Trinajstić information content (AvgIpc) is 2.47. The lowest BCUT2D eigenvalue weighted by atomic mass is 10.1. The summed E-state index contributed by atoms with van der Waals surface area (Å²) in [7, 11) is 0. The van der Waals surface area contributed by atoms with Crippen molar-refractivity contribution in [3.05, 3.63) is 69.6 Å². The first kappa shape index (κ1) is 15.8. The molecule has 0 aliphatic rings. The molecule has 0 saturated carbocycles. The third-order valence-electron chi connectivity index (χ3n) is 3.13. The van der Waals surface area contributed by atoms with E-state index in [1.807, 2.05) is 0 Å². The van der Waals surface area contributed by atoms with Crippen LogP contribution in [0, 0.1) is 0 Å². The summed E-state index contributed by atoms with van der Waals surface area (Å²) in [6.45, 7) is 1.66. The van der Waals surface area contributed by atoms with Crippen molar-refractivity contribution in [3.8, 4) is 0 Å². The van der Waals surface area contributed by atoms with Crippen LogP contribution < -0.4 is 10.9 Å². The van der Waals surface area contributed by atoms with Crippen LogP contribution in [0.15, 0.2) is 47.4 Å². The predicted octanol–water partition coefficient (Wildman–Crippen LogP) is 2.88. The molecule has 0 aliphatic carbocycles. The van der Waals surface area contributed by atoms with Crippen molar-refractivity contribution in [3.63, 3.8) is 0 Å². The second-order valence-electron chi connectivity index (χ2n) is 4.76. The fourth-order valence-electron chi connectivity index (χ4n) is 1.88. The third kappa shape index (κ3) is 3.75. The molecule has 4 nitrogen and oxygen atoms in total. The summed E-state index contributed by atoms with van der Waals surface area (Å²) in [5.41, 5.74) is -0.258. The molecule has 0 spiro atoms. The summed E-state index contributed by atoms with van der Waals surface area (Å²) in [6, 6.07) is 6.70. The minimum Gasteiger partial charge on any atom is -0.345 e. The second-order valence-corrected chi connectivity index (χ2v) is 4.76. The fourth-order valence-corrected chi connectivity index (χ4v) is 1.88. The lowest BCUT2D eigenvalue weighted by Crippen LogP contribution is -2.27. The number of pyridine rings is 1. The van der Waals surface area contributed by atoms with Gasteiger partial charge in [0.25, 0.3) is 5.91 Å². The number of rotatable bonds is 3. The van der Waals surface area contributed by atoms with Crippen LogP contribution in [0.2, 0.25) is 0 Å². The lowest BCUT2D eigenvalue weighted by molar-refractivity contribution is -0.137. The van der Waals surface area contributed by atoms with Gasteiger partial charge < -0.3 is 10.3 Å². The molecule has 0 fully saturated rings. The maximum Gasteiger partial charge on any atom is 0.416 e. The largest absolute Gasteiger partial charge is 0.416 e. The highest BCUT2D eigenvalue weighted by molar-refractivity contribution is 5.94. The number of alkyl halides is 3. The molecule has 1 heterocycles.